The van der Waals surface area contributed by atoms with Gasteiger partial charge in [-0.1, -0.05) is 32.1 Å². The summed E-state index contributed by atoms with van der Waals surface area (Å²) in [6, 6.07) is 4.48. The first-order valence-corrected chi connectivity index (χ1v) is 7.77. The molecule has 20 heavy (non-hydrogen) atoms. The van der Waals surface area contributed by atoms with Crippen LogP contribution >= 0.6 is 0 Å². The van der Waals surface area contributed by atoms with Crippen LogP contribution in [0.1, 0.15) is 51.3 Å². The van der Waals surface area contributed by atoms with Crippen LogP contribution in [0.3, 0.4) is 0 Å². The molecule has 0 spiro atoms. The minimum absolute atomic E-state index is 0.274. The fourth-order valence-electron chi connectivity index (χ4n) is 3.90. The minimum atomic E-state index is 0.274. The summed E-state index contributed by atoms with van der Waals surface area (Å²) in [7, 11) is 0. The molecule has 0 bridgehead atoms. The Morgan fingerprint density at radius 1 is 1.25 bits per heavy atom. The topological polar surface area (TPSA) is 52.8 Å². The van der Waals surface area contributed by atoms with E-state index in [1.54, 1.807) is 6.20 Å². The molecule has 1 aliphatic carbocycles. The molecule has 2 fully saturated rings. The van der Waals surface area contributed by atoms with Gasteiger partial charge in [-0.25, -0.2) is 9.97 Å². The van der Waals surface area contributed by atoms with Crippen molar-refractivity contribution in [2.45, 2.75) is 51.5 Å². The summed E-state index contributed by atoms with van der Waals surface area (Å²) in [5, 5.41) is 8.93. The molecule has 2 atom stereocenters. The molecular weight excluding hydrogens is 248 g/mol. The van der Waals surface area contributed by atoms with E-state index in [1.165, 1.54) is 38.5 Å². The molecule has 1 aromatic rings. The van der Waals surface area contributed by atoms with E-state index in [-0.39, 0.29) is 5.82 Å². The van der Waals surface area contributed by atoms with Gasteiger partial charge in [-0.15, -0.1) is 0 Å². The van der Waals surface area contributed by atoms with Crippen LogP contribution in [0.2, 0.25) is 0 Å². The first-order valence-electron chi connectivity index (χ1n) is 7.77. The Kier molecular flexibility index (Phi) is 3.86. The number of hydrogen-bond donors (Lipinski definition) is 0. The second-order valence-corrected chi connectivity index (χ2v) is 6.25. The maximum absolute atomic E-state index is 8.93. The highest BCUT2D eigenvalue weighted by atomic mass is 15.2. The van der Waals surface area contributed by atoms with Crippen molar-refractivity contribution in [2.75, 3.05) is 11.4 Å². The van der Waals surface area contributed by atoms with Crippen molar-refractivity contribution in [3.05, 3.63) is 18.1 Å². The highest BCUT2D eigenvalue weighted by Gasteiger charge is 2.35. The van der Waals surface area contributed by atoms with E-state index in [9.17, 15) is 0 Å². The fraction of sp³-hybridized carbons (Fsp3) is 0.688. The third-order valence-corrected chi connectivity index (χ3v) is 4.96. The lowest BCUT2D eigenvalue weighted by molar-refractivity contribution is 0.261. The SMILES string of the molecule is CC1CC(C2CCCCC2)CN1c1ccnc(C#N)n1. The van der Waals surface area contributed by atoms with Crippen molar-refractivity contribution in [1.82, 2.24) is 9.97 Å². The third kappa shape index (κ3) is 2.63. The Morgan fingerprint density at radius 2 is 2.05 bits per heavy atom. The van der Waals surface area contributed by atoms with Crippen LogP contribution in [-0.2, 0) is 0 Å². The summed E-state index contributed by atoms with van der Waals surface area (Å²) in [5.74, 6) is 2.89. The Morgan fingerprint density at radius 3 is 2.80 bits per heavy atom. The number of hydrogen-bond acceptors (Lipinski definition) is 4. The third-order valence-electron chi connectivity index (χ3n) is 4.96. The lowest BCUT2D eigenvalue weighted by atomic mass is 9.79. The molecule has 0 radical (unpaired) electrons. The fourth-order valence-corrected chi connectivity index (χ4v) is 3.90. The second kappa shape index (κ2) is 5.78. The summed E-state index contributed by atoms with van der Waals surface area (Å²) >= 11 is 0. The monoisotopic (exact) mass is 270 g/mol. The molecule has 1 aliphatic heterocycles. The predicted octanol–water partition coefficient (Wildman–Crippen LogP) is 3.14. The average Bonchev–Trinajstić information content (AvgIpc) is 2.90. The molecule has 2 unspecified atom stereocenters. The van der Waals surface area contributed by atoms with Gasteiger partial charge in [0.25, 0.3) is 0 Å². The average molecular weight is 270 g/mol. The van der Waals surface area contributed by atoms with Crippen molar-refractivity contribution in [3.8, 4) is 6.07 Å². The molecule has 3 rings (SSSR count). The lowest BCUT2D eigenvalue weighted by Crippen LogP contribution is -2.28. The van der Waals surface area contributed by atoms with Crippen LogP contribution in [0.5, 0.6) is 0 Å². The molecule has 106 valence electrons. The Hall–Kier alpha value is -1.63. The normalized spacial score (nSPS) is 27.5. The molecule has 4 nitrogen and oxygen atoms in total. The molecule has 1 saturated carbocycles. The summed E-state index contributed by atoms with van der Waals surface area (Å²) in [6.45, 7) is 3.37. The van der Waals surface area contributed by atoms with E-state index in [1.807, 2.05) is 12.1 Å². The van der Waals surface area contributed by atoms with Crippen LogP contribution in [-0.4, -0.2) is 22.6 Å². The second-order valence-electron chi connectivity index (χ2n) is 6.25. The smallest absolute Gasteiger partial charge is 0.234 e. The van der Waals surface area contributed by atoms with Crippen molar-refractivity contribution in [1.29, 1.82) is 5.26 Å². The first-order chi connectivity index (χ1) is 9.78. The maximum Gasteiger partial charge on any atom is 0.234 e. The van der Waals surface area contributed by atoms with E-state index in [0.717, 1.165) is 24.2 Å². The summed E-state index contributed by atoms with van der Waals surface area (Å²) in [5.41, 5.74) is 0. The van der Waals surface area contributed by atoms with Gasteiger partial charge in [-0.05, 0) is 31.2 Å². The molecule has 2 heterocycles. The summed E-state index contributed by atoms with van der Waals surface area (Å²) < 4.78 is 0. The Balaban J connectivity index is 1.73. The van der Waals surface area contributed by atoms with E-state index >= 15 is 0 Å². The molecule has 1 aromatic heterocycles. The predicted molar refractivity (Wildman–Crippen MR) is 78.2 cm³/mol. The number of nitriles is 1. The highest BCUT2D eigenvalue weighted by Crippen LogP contribution is 2.38. The van der Waals surface area contributed by atoms with Crippen LogP contribution in [0.25, 0.3) is 0 Å². The van der Waals surface area contributed by atoms with Gasteiger partial charge < -0.3 is 4.90 Å². The van der Waals surface area contributed by atoms with Crippen LogP contribution in [0, 0.1) is 23.2 Å². The van der Waals surface area contributed by atoms with E-state index < -0.39 is 0 Å². The Bertz CT molecular complexity index is 501. The van der Waals surface area contributed by atoms with Gasteiger partial charge in [0.05, 0.1) is 0 Å². The minimum Gasteiger partial charge on any atom is -0.353 e. The summed E-state index contributed by atoms with van der Waals surface area (Å²) in [6.07, 6.45) is 9.98. The van der Waals surface area contributed by atoms with Gasteiger partial charge in [0.15, 0.2) is 0 Å². The molecule has 2 aliphatic rings. The molecule has 0 amide bonds. The van der Waals surface area contributed by atoms with Crippen LogP contribution in [0.4, 0.5) is 5.82 Å². The van der Waals surface area contributed by atoms with Gasteiger partial charge in [-0.2, -0.15) is 5.26 Å². The van der Waals surface area contributed by atoms with Crippen molar-refractivity contribution in [2.24, 2.45) is 11.8 Å². The van der Waals surface area contributed by atoms with Crippen LogP contribution in [0.15, 0.2) is 12.3 Å². The van der Waals surface area contributed by atoms with Crippen molar-refractivity contribution >= 4 is 5.82 Å². The van der Waals surface area contributed by atoms with Gasteiger partial charge >= 0.3 is 0 Å². The highest BCUT2D eigenvalue weighted by molar-refractivity contribution is 5.41. The van der Waals surface area contributed by atoms with Crippen molar-refractivity contribution < 1.29 is 0 Å². The molecular formula is C16H22N4. The van der Waals surface area contributed by atoms with E-state index in [2.05, 4.69) is 21.8 Å². The first kappa shape index (κ1) is 13.4. The van der Waals surface area contributed by atoms with Gasteiger partial charge in [0.1, 0.15) is 11.9 Å². The standard InChI is InChI=1S/C16H22N4/c1-12-9-14(13-5-3-2-4-6-13)11-20(12)16-7-8-18-15(10-17)19-16/h7-8,12-14H,2-6,9,11H2,1H3. The van der Waals surface area contributed by atoms with Crippen LogP contribution < -0.4 is 4.90 Å². The number of nitrogens with zero attached hydrogens (tertiary/aromatic N) is 4. The van der Waals surface area contributed by atoms with E-state index in [4.69, 9.17) is 5.26 Å². The number of aromatic nitrogens is 2. The maximum atomic E-state index is 8.93. The molecule has 4 heteroatoms. The zero-order valence-corrected chi connectivity index (χ0v) is 12.1. The molecule has 0 aromatic carbocycles. The number of rotatable bonds is 2. The zero-order chi connectivity index (χ0) is 13.9. The quantitative estimate of drug-likeness (QED) is 0.828. The summed E-state index contributed by atoms with van der Waals surface area (Å²) in [4.78, 5) is 10.7. The Labute approximate surface area is 120 Å². The van der Waals surface area contributed by atoms with Gasteiger partial charge in [-0.3, -0.25) is 0 Å². The number of anilines is 1. The lowest BCUT2D eigenvalue weighted by Gasteiger charge is -2.27. The van der Waals surface area contributed by atoms with Crippen molar-refractivity contribution in [3.63, 3.8) is 0 Å². The molecule has 1 saturated heterocycles. The largest absolute Gasteiger partial charge is 0.353 e. The van der Waals surface area contributed by atoms with E-state index in [0.29, 0.717) is 6.04 Å². The van der Waals surface area contributed by atoms with Gasteiger partial charge in [0.2, 0.25) is 5.82 Å². The van der Waals surface area contributed by atoms with Gasteiger partial charge in [0, 0.05) is 18.8 Å². The zero-order valence-electron chi connectivity index (χ0n) is 12.1. The molecule has 0 N–H and O–H groups in total.